The second-order valence-electron chi connectivity index (χ2n) is 5.47. The number of hydrogen-bond acceptors (Lipinski definition) is 4. The standard InChI is InChI=1S/C16H21N3O2/c20-16(13-4-2-1-3-5-13)18-15-7-6-14(12-17-15)19-8-10-21-11-9-19/h1-2,6-7,12-13H,3-5,8-11H2,(H,17,18,20). The maximum atomic E-state index is 12.1. The molecule has 2 aliphatic rings. The molecule has 3 rings (SSSR count). The third-order valence-electron chi connectivity index (χ3n) is 4.02. The van der Waals surface area contributed by atoms with E-state index < -0.39 is 0 Å². The summed E-state index contributed by atoms with van der Waals surface area (Å²) in [5.41, 5.74) is 1.08. The number of morpholine rings is 1. The molecule has 0 saturated carbocycles. The maximum Gasteiger partial charge on any atom is 0.228 e. The van der Waals surface area contributed by atoms with E-state index in [2.05, 4.69) is 27.4 Å². The van der Waals surface area contributed by atoms with Crippen LogP contribution in [0, 0.1) is 5.92 Å². The summed E-state index contributed by atoms with van der Waals surface area (Å²) in [5.74, 6) is 0.785. The number of carbonyl (C=O) groups excluding carboxylic acids is 1. The molecule has 1 atom stereocenters. The smallest absolute Gasteiger partial charge is 0.228 e. The van der Waals surface area contributed by atoms with Crippen LogP contribution in [0.15, 0.2) is 30.5 Å². The van der Waals surface area contributed by atoms with E-state index in [1.807, 2.05) is 18.3 Å². The average Bonchev–Trinajstić information content (AvgIpc) is 2.57. The number of aromatic nitrogens is 1. The minimum atomic E-state index is 0.0750. The van der Waals surface area contributed by atoms with Crippen molar-refractivity contribution in [3.8, 4) is 0 Å². The van der Waals surface area contributed by atoms with Crippen molar-refractivity contribution in [2.75, 3.05) is 36.5 Å². The van der Waals surface area contributed by atoms with Crippen LogP contribution in [0.5, 0.6) is 0 Å². The molecule has 5 nitrogen and oxygen atoms in total. The fourth-order valence-corrected chi connectivity index (χ4v) is 2.73. The topological polar surface area (TPSA) is 54.5 Å². The van der Waals surface area contributed by atoms with Crippen molar-refractivity contribution in [3.63, 3.8) is 0 Å². The quantitative estimate of drug-likeness (QED) is 0.866. The predicted molar refractivity (Wildman–Crippen MR) is 82.4 cm³/mol. The van der Waals surface area contributed by atoms with Gasteiger partial charge in [0, 0.05) is 19.0 Å². The van der Waals surface area contributed by atoms with Gasteiger partial charge in [0.1, 0.15) is 5.82 Å². The normalized spacial score (nSPS) is 22.1. The lowest BCUT2D eigenvalue weighted by molar-refractivity contribution is -0.120. The molecular weight excluding hydrogens is 266 g/mol. The first-order valence-corrected chi connectivity index (χ1v) is 7.57. The molecule has 0 bridgehead atoms. The first-order chi connectivity index (χ1) is 10.3. The highest BCUT2D eigenvalue weighted by molar-refractivity contribution is 5.91. The molecule has 2 heterocycles. The summed E-state index contributed by atoms with van der Waals surface area (Å²) >= 11 is 0. The zero-order valence-electron chi connectivity index (χ0n) is 12.1. The van der Waals surface area contributed by atoms with Crippen molar-refractivity contribution in [1.82, 2.24) is 4.98 Å². The molecule has 1 N–H and O–H groups in total. The Kier molecular flexibility index (Phi) is 4.50. The molecule has 1 unspecified atom stereocenters. The lowest BCUT2D eigenvalue weighted by Gasteiger charge is -2.28. The van der Waals surface area contributed by atoms with Crippen LogP contribution in [0.1, 0.15) is 19.3 Å². The number of nitrogens with zero attached hydrogens (tertiary/aromatic N) is 2. The Morgan fingerprint density at radius 1 is 1.29 bits per heavy atom. The van der Waals surface area contributed by atoms with E-state index in [0.29, 0.717) is 5.82 Å². The maximum absolute atomic E-state index is 12.1. The number of amides is 1. The first kappa shape index (κ1) is 14.1. The molecule has 1 aromatic heterocycles. The van der Waals surface area contributed by atoms with E-state index in [1.165, 1.54) is 0 Å². The number of anilines is 2. The highest BCUT2D eigenvalue weighted by Crippen LogP contribution is 2.21. The monoisotopic (exact) mass is 287 g/mol. The Labute approximate surface area is 125 Å². The van der Waals surface area contributed by atoms with Crippen LogP contribution >= 0.6 is 0 Å². The van der Waals surface area contributed by atoms with Crippen LogP contribution in [0.2, 0.25) is 0 Å². The van der Waals surface area contributed by atoms with Gasteiger partial charge in [-0.1, -0.05) is 12.2 Å². The zero-order chi connectivity index (χ0) is 14.5. The molecule has 1 aliphatic heterocycles. The van der Waals surface area contributed by atoms with Gasteiger partial charge >= 0.3 is 0 Å². The number of nitrogens with one attached hydrogen (secondary N) is 1. The van der Waals surface area contributed by atoms with Gasteiger partial charge < -0.3 is 15.0 Å². The molecule has 0 radical (unpaired) electrons. The van der Waals surface area contributed by atoms with E-state index in [4.69, 9.17) is 4.74 Å². The van der Waals surface area contributed by atoms with Crippen LogP contribution in [-0.4, -0.2) is 37.2 Å². The summed E-state index contributed by atoms with van der Waals surface area (Å²) in [5, 5.41) is 2.91. The Balaban J connectivity index is 1.58. The molecule has 0 spiro atoms. The van der Waals surface area contributed by atoms with Gasteiger partial charge in [-0.3, -0.25) is 4.79 Å². The van der Waals surface area contributed by atoms with E-state index in [1.54, 1.807) is 0 Å². The molecule has 1 amide bonds. The molecule has 1 aromatic rings. The summed E-state index contributed by atoms with van der Waals surface area (Å²) in [4.78, 5) is 18.7. The highest BCUT2D eigenvalue weighted by Gasteiger charge is 2.19. The SMILES string of the molecule is O=C(Nc1ccc(N2CCOCC2)cn1)C1CC=CCC1. The van der Waals surface area contributed by atoms with Crippen molar-refractivity contribution in [2.45, 2.75) is 19.3 Å². The Morgan fingerprint density at radius 2 is 2.14 bits per heavy atom. The molecule has 1 saturated heterocycles. The molecule has 0 aromatic carbocycles. The van der Waals surface area contributed by atoms with Gasteiger partial charge in [-0.15, -0.1) is 0 Å². The number of carbonyl (C=O) groups is 1. The lowest BCUT2D eigenvalue weighted by atomic mass is 9.94. The van der Waals surface area contributed by atoms with Crippen molar-refractivity contribution < 1.29 is 9.53 Å². The van der Waals surface area contributed by atoms with Crippen LogP contribution in [0.25, 0.3) is 0 Å². The van der Waals surface area contributed by atoms with E-state index in [-0.39, 0.29) is 11.8 Å². The molecule has 21 heavy (non-hydrogen) atoms. The van der Waals surface area contributed by atoms with E-state index in [9.17, 15) is 4.79 Å². The van der Waals surface area contributed by atoms with Gasteiger partial charge in [-0.25, -0.2) is 4.98 Å². The summed E-state index contributed by atoms with van der Waals surface area (Å²) < 4.78 is 5.34. The van der Waals surface area contributed by atoms with Gasteiger partial charge in [0.15, 0.2) is 0 Å². The van der Waals surface area contributed by atoms with Gasteiger partial charge in [0.25, 0.3) is 0 Å². The zero-order valence-corrected chi connectivity index (χ0v) is 12.1. The lowest BCUT2D eigenvalue weighted by Crippen LogP contribution is -2.36. The minimum absolute atomic E-state index is 0.0750. The van der Waals surface area contributed by atoms with E-state index in [0.717, 1.165) is 51.3 Å². The first-order valence-electron chi connectivity index (χ1n) is 7.57. The molecule has 5 heteroatoms. The number of allylic oxidation sites excluding steroid dienone is 2. The van der Waals surface area contributed by atoms with Crippen LogP contribution in [0.3, 0.4) is 0 Å². The summed E-state index contributed by atoms with van der Waals surface area (Å²) in [6.45, 7) is 3.30. The Bertz CT molecular complexity index is 507. The van der Waals surface area contributed by atoms with E-state index >= 15 is 0 Å². The Morgan fingerprint density at radius 3 is 2.81 bits per heavy atom. The van der Waals surface area contributed by atoms with Gasteiger partial charge in [0.05, 0.1) is 25.1 Å². The number of hydrogen-bond donors (Lipinski definition) is 1. The number of ether oxygens (including phenoxy) is 1. The highest BCUT2D eigenvalue weighted by atomic mass is 16.5. The van der Waals surface area contributed by atoms with Gasteiger partial charge in [-0.05, 0) is 31.4 Å². The molecule has 1 aliphatic carbocycles. The summed E-state index contributed by atoms with van der Waals surface area (Å²) in [6, 6.07) is 3.88. The van der Waals surface area contributed by atoms with Crippen molar-refractivity contribution in [2.24, 2.45) is 5.92 Å². The third kappa shape index (κ3) is 3.61. The van der Waals surface area contributed by atoms with Gasteiger partial charge in [0.2, 0.25) is 5.91 Å². The second kappa shape index (κ2) is 6.72. The number of rotatable bonds is 3. The second-order valence-corrected chi connectivity index (χ2v) is 5.47. The van der Waals surface area contributed by atoms with Crippen LogP contribution < -0.4 is 10.2 Å². The fraction of sp³-hybridized carbons (Fsp3) is 0.500. The molecule has 112 valence electrons. The average molecular weight is 287 g/mol. The van der Waals surface area contributed by atoms with Crippen molar-refractivity contribution in [3.05, 3.63) is 30.5 Å². The molecule has 1 fully saturated rings. The van der Waals surface area contributed by atoms with Crippen molar-refractivity contribution in [1.29, 1.82) is 0 Å². The van der Waals surface area contributed by atoms with Crippen LogP contribution in [-0.2, 0) is 9.53 Å². The number of pyridine rings is 1. The van der Waals surface area contributed by atoms with Gasteiger partial charge in [-0.2, -0.15) is 0 Å². The third-order valence-corrected chi connectivity index (χ3v) is 4.02. The summed E-state index contributed by atoms with van der Waals surface area (Å²) in [7, 11) is 0. The largest absolute Gasteiger partial charge is 0.378 e. The Hall–Kier alpha value is -1.88. The minimum Gasteiger partial charge on any atom is -0.378 e. The van der Waals surface area contributed by atoms with Crippen molar-refractivity contribution >= 4 is 17.4 Å². The summed E-state index contributed by atoms with van der Waals surface area (Å²) in [6.07, 6.45) is 8.79. The molecular formula is C16H21N3O2. The van der Waals surface area contributed by atoms with Crippen LogP contribution in [0.4, 0.5) is 11.5 Å². The fourth-order valence-electron chi connectivity index (χ4n) is 2.73. The predicted octanol–water partition coefficient (Wildman–Crippen LogP) is 2.21.